The van der Waals surface area contributed by atoms with Gasteiger partial charge in [-0.1, -0.05) is 71.1 Å². The van der Waals surface area contributed by atoms with E-state index < -0.39 is 27.4 Å². The quantitative estimate of drug-likeness (QED) is 0.194. The van der Waals surface area contributed by atoms with Crippen molar-refractivity contribution in [3.63, 3.8) is 0 Å². The molecule has 6 nitrogen and oxygen atoms in total. The van der Waals surface area contributed by atoms with Crippen molar-refractivity contribution in [2.45, 2.75) is 108 Å². The van der Waals surface area contributed by atoms with Gasteiger partial charge in [0.25, 0.3) is 0 Å². The van der Waals surface area contributed by atoms with Crippen LogP contribution in [0.5, 0.6) is 0 Å². The van der Waals surface area contributed by atoms with Crippen LogP contribution in [0.1, 0.15) is 96.8 Å². The van der Waals surface area contributed by atoms with Crippen LogP contribution in [0.4, 0.5) is 0 Å². The van der Waals surface area contributed by atoms with Gasteiger partial charge < -0.3 is 19.6 Å². The Bertz CT molecular complexity index is 441. The minimum Gasteiger partial charge on any atom is -0.748 e. The van der Waals surface area contributed by atoms with E-state index in [2.05, 4.69) is 6.92 Å². The Morgan fingerprint density at radius 2 is 1.35 bits per heavy atom. The summed E-state index contributed by atoms with van der Waals surface area (Å²) in [6.07, 6.45) is 9.05. The van der Waals surface area contributed by atoms with E-state index in [1.807, 2.05) is 0 Å². The molecular weight excluding hydrogens is 383 g/mol. The average molecular weight is 418 g/mol. The molecule has 0 fully saturated rings. The molecule has 0 bridgehead atoms. The number of hydrogen-bond donors (Lipinski definition) is 1. The Kier molecular flexibility index (Phi) is 20.2. The molecule has 0 saturated heterocycles. The Hall–Kier alpha value is 0.976. The molecule has 1 N–H and O–H groups in total. The molecule has 0 aromatic heterocycles. The summed E-state index contributed by atoms with van der Waals surface area (Å²) in [4.78, 5) is 10.3. The zero-order valence-electron chi connectivity index (χ0n) is 16.5. The van der Waals surface area contributed by atoms with Crippen molar-refractivity contribution in [2.24, 2.45) is 0 Å². The summed E-state index contributed by atoms with van der Waals surface area (Å²) in [6.45, 7) is 2.14. The minimum absolute atomic E-state index is 0. The van der Waals surface area contributed by atoms with Crippen LogP contribution in [0, 0.1) is 0 Å². The third kappa shape index (κ3) is 17.1. The molecule has 26 heavy (non-hydrogen) atoms. The van der Waals surface area contributed by atoms with Gasteiger partial charge in [-0.15, -0.1) is 0 Å². The number of carboxylic acids is 1. The van der Waals surface area contributed by atoms with Crippen molar-refractivity contribution >= 4 is 16.1 Å². The van der Waals surface area contributed by atoms with E-state index in [-0.39, 0.29) is 64.2 Å². The Labute approximate surface area is 201 Å². The van der Waals surface area contributed by atoms with Gasteiger partial charge in [0.05, 0.1) is 11.4 Å². The second kappa shape index (κ2) is 18.0. The van der Waals surface area contributed by atoms with E-state index >= 15 is 0 Å². The Balaban J connectivity index is 0. The molecule has 0 heterocycles. The summed E-state index contributed by atoms with van der Waals surface area (Å²) in [5.41, 5.74) is 0. The summed E-state index contributed by atoms with van der Waals surface area (Å²) >= 11 is 0. The molecule has 0 rings (SSSR count). The first kappa shape index (κ1) is 29.2. The molecule has 0 aromatic carbocycles. The van der Waals surface area contributed by atoms with Gasteiger partial charge in [-0.3, -0.25) is 0 Å². The van der Waals surface area contributed by atoms with Gasteiger partial charge in [0.2, 0.25) is 0 Å². The van der Waals surface area contributed by atoms with Crippen LogP contribution in [-0.4, -0.2) is 35.4 Å². The van der Waals surface area contributed by atoms with E-state index in [1.54, 1.807) is 0 Å². The van der Waals surface area contributed by atoms with Crippen LogP contribution in [0.15, 0.2) is 0 Å². The topological polar surface area (TPSA) is 118 Å². The first-order chi connectivity index (χ1) is 11.8. The number of aliphatic hydroxyl groups is 1. The second-order valence-electron chi connectivity index (χ2n) is 6.83. The molecule has 150 valence electrons. The largest absolute Gasteiger partial charge is 1.00 e. The average Bonchev–Trinajstić information content (AvgIpc) is 2.51. The first-order valence-corrected chi connectivity index (χ1v) is 11.1. The fraction of sp³-hybridized carbons (Fsp3) is 0.944. The molecule has 2 atom stereocenters. The summed E-state index contributed by atoms with van der Waals surface area (Å²) in [7, 11) is -4.51. The predicted molar refractivity (Wildman–Crippen MR) is 94.8 cm³/mol. The van der Waals surface area contributed by atoms with Crippen molar-refractivity contribution in [3.05, 3.63) is 0 Å². The van der Waals surface area contributed by atoms with Crippen LogP contribution >= 0.6 is 0 Å². The summed E-state index contributed by atoms with van der Waals surface area (Å²) < 4.78 is 34.2. The van der Waals surface area contributed by atoms with E-state index in [9.17, 15) is 28.0 Å². The maximum atomic E-state index is 11.4. The predicted octanol–water partition coefficient (Wildman–Crippen LogP) is -0.504. The third-order valence-electron chi connectivity index (χ3n) is 4.52. The second-order valence-corrected chi connectivity index (χ2v) is 8.42. The van der Waals surface area contributed by atoms with Gasteiger partial charge in [-0.2, -0.15) is 0 Å². The van der Waals surface area contributed by atoms with Crippen LogP contribution in [0.3, 0.4) is 0 Å². The molecule has 0 amide bonds. The fourth-order valence-electron chi connectivity index (χ4n) is 2.99. The van der Waals surface area contributed by atoms with Crippen molar-refractivity contribution < 1.29 is 79.4 Å². The number of rotatable bonds is 17. The zero-order valence-corrected chi connectivity index (χ0v) is 20.4. The van der Waals surface area contributed by atoms with Gasteiger partial charge in [0.1, 0.15) is 10.1 Å². The monoisotopic (exact) mass is 417 g/mol. The van der Waals surface area contributed by atoms with Gasteiger partial charge in [0, 0.05) is 5.97 Å². The summed E-state index contributed by atoms with van der Waals surface area (Å²) in [5, 5.41) is 19.1. The van der Waals surface area contributed by atoms with E-state index in [1.165, 1.54) is 6.42 Å². The van der Waals surface area contributed by atoms with Crippen molar-refractivity contribution in [1.82, 2.24) is 0 Å². The smallest absolute Gasteiger partial charge is 0.748 e. The number of hydrogen-bond acceptors (Lipinski definition) is 6. The fourth-order valence-corrected chi connectivity index (χ4v) is 3.97. The molecule has 2 unspecified atom stereocenters. The Morgan fingerprint density at radius 1 is 0.885 bits per heavy atom. The Morgan fingerprint density at radius 3 is 1.85 bits per heavy atom. The van der Waals surface area contributed by atoms with Gasteiger partial charge in [-0.05, 0) is 25.7 Å². The molecule has 0 aliphatic carbocycles. The zero-order chi connectivity index (χ0) is 19.1. The van der Waals surface area contributed by atoms with Crippen LogP contribution in [0.25, 0.3) is 0 Å². The SMILES string of the molecule is CCCCCCCCC(O)C(CCCCCCCC(=O)[O-])S(=O)(=O)[O-].[K+]. The van der Waals surface area contributed by atoms with Crippen molar-refractivity contribution in [2.75, 3.05) is 0 Å². The van der Waals surface area contributed by atoms with Crippen molar-refractivity contribution in [3.8, 4) is 0 Å². The maximum Gasteiger partial charge on any atom is 1.00 e. The van der Waals surface area contributed by atoms with E-state index in [0.717, 1.165) is 51.4 Å². The van der Waals surface area contributed by atoms with Crippen LogP contribution in [-0.2, 0) is 14.9 Å². The molecule has 0 radical (unpaired) electrons. The van der Waals surface area contributed by atoms with Crippen LogP contribution < -0.4 is 56.5 Å². The number of unbranched alkanes of at least 4 members (excludes halogenated alkanes) is 9. The minimum atomic E-state index is -4.51. The first-order valence-electron chi connectivity index (χ1n) is 9.61. The van der Waals surface area contributed by atoms with E-state index in [4.69, 9.17) is 0 Å². The molecule has 0 aliphatic heterocycles. The number of carboxylic acid groups (broad SMARTS) is 1. The molecule has 0 saturated carbocycles. The maximum absolute atomic E-state index is 11.4. The number of aliphatic hydroxyl groups excluding tert-OH is 1. The number of aliphatic carboxylic acids is 1. The normalized spacial score (nSPS) is 13.8. The molecule has 8 heteroatoms. The molecule has 0 spiro atoms. The van der Waals surface area contributed by atoms with Gasteiger partial charge in [-0.25, -0.2) is 8.42 Å². The number of carbonyl (C=O) groups is 1. The van der Waals surface area contributed by atoms with Crippen molar-refractivity contribution in [1.29, 1.82) is 0 Å². The number of carbonyl (C=O) groups excluding carboxylic acids is 1. The standard InChI is InChI=1S/C18H36O6S.K/c1-2-3-4-5-7-10-13-16(19)17(25(22,23)24)14-11-8-6-9-12-15-18(20)21;/h16-17,19H,2-15H2,1H3,(H,20,21)(H,22,23,24);/q;+1/p-2. The molecule has 0 aromatic rings. The van der Waals surface area contributed by atoms with E-state index in [0.29, 0.717) is 19.3 Å². The van der Waals surface area contributed by atoms with Crippen LogP contribution in [0.2, 0.25) is 0 Å². The molecular formula is C18H34KO6S-. The summed E-state index contributed by atoms with van der Waals surface area (Å²) in [5.74, 6) is -1.06. The summed E-state index contributed by atoms with van der Waals surface area (Å²) in [6, 6.07) is 0. The molecule has 0 aliphatic rings. The van der Waals surface area contributed by atoms with Gasteiger partial charge >= 0.3 is 51.4 Å². The van der Waals surface area contributed by atoms with Gasteiger partial charge in [0.15, 0.2) is 0 Å². The third-order valence-corrected chi connectivity index (χ3v) is 5.81.